The quantitative estimate of drug-likeness (QED) is 0.880. The summed E-state index contributed by atoms with van der Waals surface area (Å²) < 4.78 is 27.0. The van der Waals surface area contributed by atoms with E-state index in [0.29, 0.717) is 11.1 Å². The van der Waals surface area contributed by atoms with Gasteiger partial charge in [-0.1, -0.05) is 0 Å². The van der Waals surface area contributed by atoms with Crippen LogP contribution in [-0.2, 0) is 0 Å². The van der Waals surface area contributed by atoms with Crippen LogP contribution in [0.4, 0.5) is 8.78 Å². The van der Waals surface area contributed by atoms with Crippen LogP contribution in [0.25, 0.3) is 0 Å². The normalized spacial score (nSPS) is 12.7. The molecule has 0 amide bonds. The van der Waals surface area contributed by atoms with Crippen molar-refractivity contribution in [3.8, 4) is 0 Å². The molecule has 1 atom stereocenters. The molecule has 2 rings (SSSR count). The highest BCUT2D eigenvalue weighted by Gasteiger charge is 2.18. The highest BCUT2D eigenvalue weighted by Crippen LogP contribution is 2.27. The third-order valence-electron chi connectivity index (χ3n) is 2.75. The Kier molecular flexibility index (Phi) is 3.54. The molecule has 1 unspecified atom stereocenters. The van der Waals surface area contributed by atoms with E-state index in [9.17, 15) is 8.78 Å². The lowest BCUT2D eigenvalue weighted by molar-refractivity contribution is 0.548. The molecule has 17 heavy (non-hydrogen) atoms. The van der Waals surface area contributed by atoms with Gasteiger partial charge in [-0.25, -0.2) is 8.78 Å². The van der Waals surface area contributed by atoms with Gasteiger partial charge >= 0.3 is 0 Å². The molecule has 0 spiro atoms. The summed E-state index contributed by atoms with van der Waals surface area (Å²) in [4.78, 5) is 0. The number of halogens is 2. The third kappa shape index (κ3) is 2.37. The van der Waals surface area contributed by atoms with Gasteiger partial charge in [-0.2, -0.15) is 11.3 Å². The fourth-order valence-electron chi connectivity index (χ4n) is 1.84. The maximum Gasteiger partial charge on any atom is 0.131 e. The maximum atomic E-state index is 13.8. The molecular formula is C13H13F2NS. The van der Waals surface area contributed by atoms with E-state index in [2.05, 4.69) is 5.32 Å². The number of aryl methyl sites for hydroxylation is 1. The number of hydrogen-bond donors (Lipinski definition) is 1. The van der Waals surface area contributed by atoms with E-state index in [1.54, 1.807) is 31.4 Å². The summed E-state index contributed by atoms with van der Waals surface area (Å²) in [5.74, 6) is -1.02. The lowest BCUT2D eigenvalue weighted by atomic mass is 9.99. The van der Waals surface area contributed by atoms with Crippen LogP contribution < -0.4 is 5.32 Å². The van der Waals surface area contributed by atoms with E-state index in [0.717, 1.165) is 11.6 Å². The number of thiophene rings is 1. The van der Waals surface area contributed by atoms with E-state index >= 15 is 0 Å². The zero-order chi connectivity index (χ0) is 12.4. The van der Waals surface area contributed by atoms with Crippen molar-refractivity contribution in [1.82, 2.24) is 5.32 Å². The summed E-state index contributed by atoms with van der Waals surface area (Å²) in [7, 11) is 1.76. The molecule has 0 aliphatic heterocycles. The molecule has 0 fully saturated rings. The zero-order valence-corrected chi connectivity index (χ0v) is 10.4. The van der Waals surface area contributed by atoms with Gasteiger partial charge in [0.1, 0.15) is 11.6 Å². The van der Waals surface area contributed by atoms with E-state index < -0.39 is 11.6 Å². The second kappa shape index (κ2) is 4.94. The van der Waals surface area contributed by atoms with Crippen molar-refractivity contribution < 1.29 is 8.78 Å². The standard InChI is InChI=1S/C13H13F2NS/c1-8-5-10(12(15)6-11(8)14)13(16-2)9-3-4-17-7-9/h3-7,13,16H,1-2H3. The zero-order valence-electron chi connectivity index (χ0n) is 9.63. The topological polar surface area (TPSA) is 12.0 Å². The van der Waals surface area contributed by atoms with E-state index in [1.165, 1.54) is 0 Å². The highest BCUT2D eigenvalue weighted by atomic mass is 32.1. The van der Waals surface area contributed by atoms with Crippen LogP contribution in [0.3, 0.4) is 0 Å². The molecule has 1 aromatic carbocycles. The Morgan fingerprint density at radius 1 is 1.24 bits per heavy atom. The summed E-state index contributed by atoms with van der Waals surface area (Å²) in [6, 6.07) is 4.20. The predicted molar refractivity (Wildman–Crippen MR) is 66.3 cm³/mol. The first-order valence-corrected chi connectivity index (χ1v) is 6.22. The Balaban J connectivity index is 2.48. The molecule has 0 aliphatic carbocycles. The second-order valence-electron chi connectivity index (χ2n) is 3.90. The van der Waals surface area contributed by atoms with E-state index in [1.807, 2.05) is 16.8 Å². The van der Waals surface area contributed by atoms with Gasteiger partial charge in [-0.05, 0) is 48.0 Å². The molecule has 90 valence electrons. The number of hydrogen-bond acceptors (Lipinski definition) is 2. The van der Waals surface area contributed by atoms with Crippen molar-refractivity contribution in [2.75, 3.05) is 7.05 Å². The summed E-state index contributed by atoms with van der Waals surface area (Å²) in [6.45, 7) is 1.64. The second-order valence-corrected chi connectivity index (χ2v) is 4.68. The first-order valence-electron chi connectivity index (χ1n) is 5.28. The Hall–Kier alpha value is -1.26. The van der Waals surface area contributed by atoms with Crippen molar-refractivity contribution in [3.63, 3.8) is 0 Å². The highest BCUT2D eigenvalue weighted by molar-refractivity contribution is 7.08. The smallest absolute Gasteiger partial charge is 0.131 e. The SMILES string of the molecule is CNC(c1ccsc1)c1cc(C)c(F)cc1F. The average Bonchev–Trinajstić information content (AvgIpc) is 2.80. The summed E-state index contributed by atoms with van der Waals surface area (Å²) in [5, 5.41) is 6.95. The third-order valence-corrected chi connectivity index (χ3v) is 3.46. The molecule has 1 heterocycles. The van der Waals surface area contributed by atoms with Gasteiger partial charge in [0.15, 0.2) is 0 Å². The van der Waals surface area contributed by atoms with Crippen molar-refractivity contribution in [2.24, 2.45) is 0 Å². The molecule has 0 saturated heterocycles. The van der Waals surface area contributed by atoms with Gasteiger partial charge in [0.25, 0.3) is 0 Å². The minimum Gasteiger partial charge on any atom is -0.309 e. The minimum absolute atomic E-state index is 0.236. The van der Waals surface area contributed by atoms with E-state index in [-0.39, 0.29) is 6.04 Å². The largest absolute Gasteiger partial charge is 0.309 e. The van der Waals surface area contributed by atoms with Crippen LogP contribution in [0.5, 0.6) is 0 Å². The molecule has 2 aromatic rings. The monoisotopic (exact) mass is 253 g/mol. The molecule has 0 saturated carbocycles. The van der Waals surface area contributed by atoms with Gasteiger partial charge in [-0.3, -0.25) is 0 Å². The van der Waals surface area contributed by atoms with Crippen LogP contribution in [0.1, 0.15) is 22.7 Å². The molecule has 1 nitrogen and oxygen atoms in total. The molecule has 1 aromatic heterocycles. The Morgan fingerprint density at radius 3 is 2.59 bits per heavy atom. The van der Waals surface area contributed by atoms with Gasteiger partial charge in [0.2, 0.25) is 0 Å². The average molecular weight is 253 g/mol. The van der Waals surface area contributed by atoms with Crippen LogP contribution in [-0.4, -0.2) is 7.05 Å². The van der Waals surface area contributed by atoms with Crippen LogP contribution in [0.2, 0.25) is 0 Å². The van der Waals surface area contributed by atoms with Gasteiger partial charge in [0, 0.05) is 11.6 Å². The van der Waals surface area contributed by atoms with Crippen LogP contribution in [0, 0.1) is 18.6 Å². The first-order chi connectivity index (χ1) is 8.13. The predicted octanol–water partition coefficient (Wildman–Crippen LogP) is 3.64. The molecule has 0 radical (unpaired) electrons. The Labute approximate surface area is 103 Å². The van der Waals surface area contributed by atoms with Crippen molar-refractivity contribution >= 4 is 11.3 Å². The van der Waals surface area contributed by atoms with Gasteiger partial charge in [0.05, 0.1) is 6.04 Å². The minimum atomic E-state index is -0.515. The molecule has 4 heteroatoms. The lowest BCUT2D eigenvalue weighted by Gasteiger charge is -2.17. The van der Waals surface area contributed by atoms with Gasteiger partial charge < -0.3 is 5.32 Å². The van der Waals surface area contributed by atoms with Crippen LogP contribution >= 0.6 is 11.3 Å². The van der Waals surface area contributed by atoms with Crippen molar-refractivity contribution in [2.45, 2.75) is 13.0 Å². The summed E-state index contributed by atoms with van der Waals surface area (Å²) in [6.07, 6.45) is 0. The number of nitrogens with one attached hydrogen (secondary N) is 1. The summed E-state index contributed by atoms with van der Waals surface area (Å²) >= 11 is 1.55. The van der Waals surface area contributed by atoms with Crippen molar-refractivity contribution in [1.29, 1.82) is 0 Å². The Bertz CT molecular complexity index is 508. The fraction of sp³-hybridized carbons (Fsp3) is 0.231. The fourth-order valence-corrected chi connectivity index (χ4v) is 2.53. The number of rotatable bonds is 3. The lowest BCUT2D eigenvalue weighted by Crippen LogP contribution is -2.18. The van der Waals surface area contributed by atoms with Gasteiger partial charge in [-0.15, -0.1) is 0 Å². The summed E-state index contributed by atoms with van der Waals surface area (Å²) in [5.41, 5.74) is 1.92. The maximum absolute atomic E-state index is 13.8. The molecular weight excluding hydrogens is 240 g/mol. The molecule has 0 bridgehead atoms. The Morgan fingerprint density at radius 2 is 2.00 bits per heavy atom. The molecule has 0 aliphatic rings. The van der Waals surface area contributed by atoms with Crippen molar-refractivity contribution in [3.05, 3.63) is 57.3 Å². The van der Waals surface area contributed by atoms with Crippen LogP contribution in [0.15, 0.2) is 29.0 Å². The molecule has 1 N–H and O–H groups in total. The van der Waals surface area contributed by atoms with E-state index in [4.69, 9.17) is 0 Å². The first kappa shape index (κ1) is 12.2. The number of benzene rings is 1.